The summed E-state index contributed by atoms with van der Waals surface area (Å²) in [5, 5.41) is 14.6. The number of hydrogen-bond acceptors (Lipinski definition) is 6. The third-order valence-electron chi connectivity index (χ3n) is 8.87. The van der Waals surface area contributed by atoms with Gasteiger partial charge in [-0.2, -0.15) is 0 Å². The van der Waals surface area contributed by atoms with Crippen molar-refractivity contribution in [2.24, 2.45) is 11.8 Å². The normalized spacial score (nSPS) is 24.9. The Morgan fingerprint density at radius 3 is 2.44 bits per heavy atom. The number of ether oxygens (including phenoxy) is 1. The van der Waals surface area contributed by atoms with Crippen molar-refractivity contribution in [1.29, 1.82) is 0 Å². The van der Waals surface area contributed by atoms with Gasteiger partial charge in [-0.05, 0) is 55.5 Å². The molecule has 4 aliphatic rings. The molecule has 2 aromatic carbocycles. The SMILES string of the molecule is O=C(O)C1CN(Cc2ccc(N3C[C@@H]4C[C@H]3C[C@H]4OCc3c(-c4c(Cl)cccc4Cl)noc3C3CC3)cc2)C1. The van der Waals surface area contributed by atoms with E-state index in [2.05, 4.69) is 39.2 Å². The van der Waals surface area contributed by atoms with Crippen molar-refractivity contribution in [2.45, 2.75) is 56.9 Å². The van der Waals surface area contributed by atoms with Gasteiger partial charge in [-0.3, -0.25) is 9.69 Å². The minimum Gasteiger partial charge on any atom is -0.481 e. The molecule has 2 aliphatic heterocycles. The lowest BCUT2D eigenvalue weighted by atomic mass is 9.99. The maximum absolute atomic E-state index is 11.0. The van der Waals surface area contributed by atoms with E-state index in [9.17, 15) is 4.79 Å². The minimum absolute atomic E-state index is 0.204. The fraction of sp³-hybridized carbons (Fsp3) is 0.467. The largest absolute Gasteiger partial charge is 0.481 e. The third kappa shape index (κ3) is 4.84. The second-order valence-electron chi connectivity index (χ2n) is 11.5. The average Bonchev–Trinajstić information content (AvgIpc) is 3.34. The molecule has 0 radical (unpaired) electrons. The lowest BCUT2D eigenvalue weighted by molar-refractivity contribution is -0.147. The molecular weight excluding hydrogens is 537 g/mol. The van der Waals surface area contributed by atoms with E-state index < -0.39 is 5.97 Å². The van der Waals surface area contributed by atoms with Gasteiger partial charge >= 0.3 is 5.97 Å². The summed E-state index contributed by atoms with van der Waals surface area (Å²) >= 11 is 13.0. The number of carbonyl (C=O) groups is 1. The van der Waals surface area contributed by atoms with Gasteiger partial charge in [0.15, 0.2) is 0 Å². The van der Waals surface area contributed by atoms with Gasteiger partial charge in [0.1, 0.15) is 11.5 Å². The molecule has 7 rings (SSSR count). The van der Waals surface area contributed by atoms with Crippen molar-refractivity contribution < 1.29 is 19.2 Å². The van der Waals surface area contributed by atoms with Crippen LogP contribution in [0.15, 0.2) is 47.0 Å². The predicted octanol–water partition coefficient (Wildman–Crippen LogP) is 6.23. The number of anilines is 1. The summed E-state index contributed by atoms with van der Waals surface area (Å²) in [5.41, 5.74) is 4.88. The number of piperidine rings is 1. The number of benzene rings is 2. The van der Waals surface area contributed by atoms with Gasteiger partial charge in [0.2, 0.25) is 0 Å². The molecule has 0 unspecified atom stereocenters. The molecule has 204 valence electrons. The number of fused-ring (bicyclic) bond motifs is 2. The first-order valence-corrected chi connectivity index (χ1v) is 14.6. The molecule has 39 heavy (non-hydrogen) atoms. The molecule has 0 amide bonds. The van der Waals surface area contributed by atoms with Crippen molar-refractivity contribution in [1.82, 2.24) is 10.1 Å². The molecule has 9 heteroatoms. The fourth-order valence-electron chi connectivity index (χ4n) is 6.57. The van der Waals surface area contributed by atoms with Crippen LogP contribution in [0, 0.1) is 11.8 Å². The standard InChI is InChI=1S/C30H31Cl2N3O4/c31-24-2-1-3-25(32)27(24)28-23(29(39-33-28)18-6-7-18)16-38-26-11-22-10-19(26)15-35(22)21-8-4-17(5-9-21)12-34-13-20(14-34)30(36)37/h1-5,8-9,18-20,22,26H,6-7,10-16H2,(H,36,37)/t19-,22-,26+/m0/s1. The molecule has 2 aliphatic carbocycles. The lowest BCUT2D eigenvalue weighted by Gasteiger charge is -2.37. The van der Waals surface area contributed by atoms with Gasteiger partial charge < -0.3 is 19.3 Å². The molecular formula is C30H31Cl2N3O4. The summed E-state index contributed by atoms with van der Waals surface area (Å²) in [6.45, 7) is 3.52. The van der Waals surface area contributed by atoms with Crippen molar-refractivity contribution in [3.63, 3.8) is 0 Å². The Kier molecular flexibility index (Phi) is 6.58. The third-order valence-corrected chi connectivity index (χ3v) is 9.50. The van der Waals surface area contributed by atoms with E-state index in [-0.39, 0.29) is 12.0 Å². The Balaban J connectivity index is 0.987. The first-order valence-electron chi connectivity index (χ1n) is 13.8. The average molecular weight is 569 g/mol. The Morgan fingerprint density at radius 1 is 1.05 bits per heavy atom. The molecule has 3 aromatic rings. The van der Waals surface area contributed by atoms with Crippen LogP contribution in [0.3, 0.4) is 0 Å². The molecule has 7 nitrogen and oxygen atoms in total. The number of rotatable bonds is 9. The van der Waals surface area contributed by atoms with Crippen molar-refractivity contribution >= 4 is 34.9 Å². The highest BCUT2D eigenvalue weighted by atomic mass is 35.5. The van der Waals surface area contributed by atoms with E-state index in [1.165, 1.54) is 11.3 Å². The van der Waals surface area contributed by atoms with Crippen LogP contribution in [-0.2, 0) is 22.7 Å². The molecule has 2 saturated carbocycles. The van der Waals surface area contributed by atoms with Crippen LogP contribution < -0.4 is 4.90 Å². The minimum atomic E-state index is -0.691. The van der Waals surface area contributed by atoms with Crippen LogP contribution in [0.2, 0.25) is 10.0 Å². The number of carboxylic acids is 1. The van der Waals surface area contributed by atoms with Crippen molar-refractivity contribution in [3.05, 3.63) is 69.4 Å². The van der Waals surface area contributed by atoms with E-state index in [1.54, 1.807) is 0 Å². The Hall–Kier alpha value is -2.58. The van der Waals surface area contributed by atoms with E-state index in [0.717, 1.165) is 50.1 Å². The molecule has 3 atom stereocenters. The second kappa shape index (κ2) is 10.1. The van der Waals surface area contributed by atoms with Crippen LogP contribution in [-0.4, -0.2) is 52.9 Å². The van der Waals surface area contributed by atoms with Gasteiger partial charge in [-0.15, -0.1) is 0 Å². The number of halogens is 2. The van der Waals surface area contributed by atoms with E-state index >= 15 is 0 Å². The second-order valence-corrected chi connectivity index (χ2v) is 12.3. The number of carboxylic acid groups (broad SMARTS) is 1. The number of hydrogen-bond donors (Lipinski definition) is 1. The van der Waals surface area contributed by atoms with Gasteiger partial charge in [-0.25, -0.2) is 0 Å². The van der Waals surface area contributed by atoms with Crippen molar-refractivity contribution in [3.8, 4) is 11.3 Å². The quantitative estimate of drug-likeness (QED) is 0.328. The number of aromatic nitrogens is 1. The summed E-state index contributed by atoms with van der Waals surface area (Å²) in [6, 6.07) is 14.7. The highest BCUT2D eigenvalue weighted by Crippen LogP contribution is 2.47. The van der Waals surface area contributed by atoms with E-state index in [4.69, 9.17) is 37.6 Å². The first kappa shape index (κ1) is 25.4. The highest BCUT2D eigenvalue weighted by molar-refractivity contribution is 6.39. The summed E-state index contributed by atoms with van der Waals surface area (Å²) in [5.74, 6) is 0.903. The summed E-state index contributed by atoms with van der Waals surface area (Å²) < 4.78 is 12.4. The fourth-order valence-corrected chi connectivity index (χ4v) is 7.15. The topological polar surface area (TPSA) is 79.0 Å². The summed E-state index contributed by atoms with van der Waals surface area (Å²) in [7, 11) is 0. The zero-order valence-electron chi connectivity index (χ0n) is 21.6. The first-order chi connectivity index (χ1) is 18.9. The van der Waals surface area contributed by atoms with Crippen LogP contribution >= 0.6 is 23.2 Å². The van der Waals surface area contributed by atoms with Gasteiger partial charge in [0.25, 0.3) is 0 Å². The monoisotopic (exact) mass is 567 g/mol. The Bertz CT molecular complexity index is 1360. The predicted molar refractivity (Wildman–Crippen MR) is 149 cm³/mol. The summed E-state index contributed by atoms with van der Waals surface area (Å²) in [6.07, 6.45) is 4.57. The Labute approximate surface area is 237 Å². The Morgan fingerprint density at radius 2 is 1.79 bits per heavy atom. The molecule has 1 N–H and O–H groups in total. The molecule has 2 saturated heterocycles. The number of likely N-dealkylation sites (tertiary alicyclic amines) is 1. The molecule has 0 spiro atoms. The molecule has 3 heterocycles. The van der Waals surface area contributed by atoms with E-state index in [0.29, 0.717) is 58.9 Å². The summed E-state index contributed by atoms with van der Waals surface area (Å²) in [4.78, 5) is 15.7. The van der Waals surface area contributed by atoms with Gasteiger partial charge in [0.05, 0.1) is 28.7 Å². The maximum Gasteiger partial charge on any atom is 0.309 e. The molecule has 1 aromatic heterocycles. The zero-order valence-corrected chi connectivity index (χ0v) is 23.1. The van der Waals surface area contributed by atoms with Crippen LogP contribution in [0.1, 0.15) is 48.5 Å². The van der Waals surface area contributed by atoms with Gasteiger partial charge in [0, 0.05) is 60.9 Å². The lowest BCUT2D eigenvalue weighted by Crippen LogP contribution is -2.49. The van der Waals surface area contributed by atoms with E-state index in [1.807, 2.05) is 18.2 Å². The number of aliphatic carboxylic acids is 1. The molecule has 4 fully saturated rings. The van der Waals surface area contributed by atoms with Crippen LogP contribution in [0.5, 0.6) is 0 Å². The number of nitrogens with zero attached hydrogens (tertiary/aromatic N) is 3. The van der Waals surface area contributed by atoms with Crippen LogP contribution in [0.25, 0.3) is 11.3 Å². The molecule has 2 bridgehead atoms. The van der Waals surface area contributed by atoms with Crippen molar-refractivity contribution in [2.75, 3.05) is 24.5 Å². The van der Waals surface area contributed by atoms with Crippen LogP contribution in [0.4, 0.5) is 5.69 Å². The zero-order chi connectivity index (χ0) is 26.7. The smallest absolute Gasteiger partial charge is 0.309 e. The maximum atomic E-state index is 11.0. The highest BCUT2D eigenvalue weighted by Gasteiger charge is 2.46. The van der Waals surface area contributed by atoms with Gasteiger partial charge in [-0.1, -0.05) is 46.6 Å².